The number of amides is 1. The van der Waals surface area contributed by atoms with Crippen LogP contribution in [0.25, 0.3) is 0 Å². The third-order valence-electron chi connectivity index (χ3n) is 2.60. The average molecular weight is 359 g/mol. The SMILES string of the molecule is NC(=O)c1cc(Cl)ccc1OCc1cc(Br)ccc1F. The van der Waals surface area contributed by atoms with E-state index in [-0.39, 0.29) is 23.7 Å². The first-order chi connectivity index (χ1) is 9.47. The van der Waals surface area contributed by atoms with Crippen molar-refractivity contribution in [3.8, 4) is 5.75 Å². The Kier molecular flexibility index (Phi) is 4.62. The van der Waals surface area contributed by atoms with Crippen LogP contribution in [0.1, 0.15) is 15.9 Å². The van der Waals surface area contributed by atoms with Gasteiger partial charge in [0, 0.05) is 15.1 Å². The standard InChI is InChI=1S/C14H10BrClFNO2/c15-9-1-3-12(17)8(5-9)7-20-13-4-2-10(16)6-11(13)14(18)19/h1-6H,7H2,(H2,18,19). The molecule has 0 spiro atoms. The monoisotopic (exact) mass is 357 g/mol. The van der Waals surface area contributed by atoms with E-state index in [0.717, 1.165) is 4.47 Å². The number of halogens is 3. The number of hydrogen-bond acceptors (Lipinski definition) is 2. The van der Waals surface area contributed by atoms with E-state index in [4.69, 9.17) is 22.1 Å². The van der Waals surface area contributed by atoms with Crippen LogP contribution in [-0.4, -0.2) is 5.91 Å². The Bertz CT molecular complexity index is 664. The first-order valence-corrected chi connectivity index (χ1v) is 6.80. The molecule has 0 unspecified atom stereocenters. The molecule has 0 bridgehead atoms. The van der Waals surface area contributed by atoms with Gasteiger partial charge in [-0.2, -0.15) is 0 Å². The molecule has 104 valence electrons. The van der Waals surface area contributed by atoms with Gasteiger partial charge in [0.25, 0.3) is 5.91 Å². The molecule has 6 heteroatoms. The minimum absolute atomic E-state index is 0.0206. The summed E-state index contributed by atoms with van der Waals surface area (Å²) in [5, 5.41) is 0.375. The summed E-state index contributed by atoms with van der Waals surface area (Å²) in [6.45, 7) is -0.0206. The van der Waals surface area contributed by atoms with Crippen LogP contribution in [0.4, 0.5) is 4.39 Å². The number of hydrogen-bond donors (Lipinski definition) is 1. The van der Waals surface area contributed by atoms with Crippen LogP contribution in [-0.2, 0) is 6.61 Å². The molecule has 2 rings (SSSR count). The Morgan fingerprint density at radius 1 is 1.30 bits per heavy atom. The fourth-order valence-electron chi connectivity index (χ4n) is 1.63. The summed E-state index contributed by atoms with van der Waals surface area (Å²) in [5.41, 5.74) is 5.77. The minimum Gasteiger partial charge on any atom is -0.488 e. The van der Waals surface area contributed by atoms with Gasteiger partial charge in [-0.3, -0.25) is 4.79 Å². The van der Waals surface area contributed by atoms with Crippen molar-refractivity contribution >= 4 is 33.4 Å². The Hall–Kier alpha value is -1.59. The lowest BCUT2D eigenvalue weighted by molar-refractivity contribution is 0.0996. The number of nitrogens with two attached hydrogens (primary N) is 1. The van der Waals surface area contributed by atoms with Crippen LogP contribution in [0, 0.1) is 5.82 Å². The van der Waals surface area contributed by atoms with E-state index in [0.29, 0.717) is 10.6 Å². The first kappa shape index (κ1) is 14.8. The van der Waals surface area contributed by atoms with Crippen molar-refractivity contribution in [2.24, 2.45) is 5.73 Å². The summed E-state index contributed by atoms with van der Waals surface area (Å²) in [5.74, 6) is -0.777. The molecule has 0 aliphatic carbocycles. The maximum Gasteiger partial charge on any atom is 0.252 e. The zero-order valence-electron chi connectivity index (χ0n) is 10.2. The molecule has 0 aliphatic rings. The summed E-state index contributed by atoms with van der Waals surface area (Å²) in [4.78, 5) is 11.3. The quantitative estimate of drug-likeness (QED) is 0.900. The van der Waals surface area contributed by atoms with Crippen LogP contribution in [0.5, 0.6) is 5.75 Å². The average Bonchev–Trinajstić information content (AvgIpc) is 2.40. The van der Waals surface area contributed by atoms with Gasteiger partial charge in [0.15, 0.2) is 0 Å². The van der Waals surface area contributed by atoms with E-state index in [9.17, 15) is 9.18 Å². The van der Waals surface area contributed by atoms with Crippen molar-refractivity contribution in [3.05, 3.63) is 62.8 Å². The van der Waals surface area contributed by atoms with E-state index >= 15 is 0 Å². The van der Waals surface area contributed by atoms with Crippen molar-refractivity contribution in [2.45, 2.75) is 6.61 Å². The number of primary amides is 1. The first-order valence-electron chi connectivity index (χ1n) is 5.63. The van der Waals surface area contributed by atoms with Gasteiger partial charge in [0.2, 0.25) is 0 Å². The molecular formula is C14H10BrClFNO2. The summed E-state index contributed by atoms with van der Waals surface area (Å²) in [6, 6.07) is 9.04. The molecule has 20 heavy (non-hydrogen) atoms. The van der Waals surface area contributed by atoms with Crippen LogP contribution in [0.15, 0.2) is 40.9 Å². The lowest BCUT2D eigenvalue weighted by atomic mass is 10.2. The van der Waals surface area contributed by atoms with Gasteiger partial charge < -0.3 is 10.5 Å². The predicted molar refractivity (Wildman–Crippen MR) is 78.4 cm³/mol. The van der Waals surface area contributed by atoms with Crippen LogP contribution < -0.4 is 10.5 Å². The third-order valence-corrected chi connectivity index (χ3v) is 3.33. The van der Waals surface area contributed by atoms with Gasteiger partial charge in [-0.1, -0.05) is 27.5 Å². The number of carbonyl (C=O) groups excluding carboxylic acids is 1. The maximum absolute atomic E-state index is 13.6. The molecule has 3 nitrogen and oxygen atoms in total. The molecule has 2 N–H and O–H groups in total. The van der Waals surface area contributed by atoms with Gasteiger partial charge in [-0.15, -0.1) is 0 Å². The van der Waals surface area contributed by atoms with E-state index in [2.05, 4.69) is 15.9 Å². The summed E-state index contributed by atoms with van der Waals surface area (Å²) >= 11 is 9.05. The largest absolute Gasteiger partial charge is 0.488 e. The van der Waals surface area contributed by atoms with E-state index in [1.54, 1.807) is 18.2 Å². The highest BCUT2D eigenvalue weighted by atomic mass is 79.9. The molecule has 2 aromatic carbocycles. The normalized spacial score (nSPS) is 10.3. The van der Waals surface area contributed by atoms with Gasteiger partial charge in [0.1, 0.15) is 18.2 Å². The second kappa shape index (κ2) is 6.24. The highest BCUT2D eigenvalue weighted by Gasteiger charge is 2.11. The second-order valence-corrected chi connectivity index (χ2v) is 5.38. The molecule has 0 saturated heterocycles. The number of carbonyl (C=O) groups is 1. The number of benzene rings is 2. The smallest absolute Gasteiger partial charge is 0.252 e. The van der Waals surface area contributed by atoms with E-state index < -0.39 is 5.91 Å². The maximum atomic E-state index is 13.6. The molecule has 0 heterocycles. The number of rotatable bonds is 4. The molecule has 0 aliphatic heterocycles. The Morgan fingerprint density at radius 3 is 2.75 bits per heavy atom. The van der Waals surface area contributed by atoms with Gasteiger partial charge in [0.05, 0.1) is 5.56 Å². The minimum atomic E-state index is -0.655. The Morgan fingerprint density at radius 2 is 2.05 bits per heavy atom. The van der Waals surface area contributed by atoms with Crippen LogP contribution in [0.3, 0.4) is 0 Å². The second-order valence-electron chi connectivity index (χ2n) is 4.03. The van der Waals surface area contributed by atoms with Crippen molar-refractivity contribution in [2.75, 3.05) is 0 Å². The van der Waals surface area contributed by atoms with Gasteiger partial charge >= 0.3 is 0 Å². The lowest BCUT2D eigenvalue weighted by Gasteiger charge is -2.11. The topological polar surface area (TPSA) is 52.3 Å². The molecule has 0 fully saturated rings. The number of ether oxygens (including phenoxy) is 1. The highest BCUT2D eigenvalue weighted by molar-refractivity contribution is 9.10. The van der Waals surface area contributed by atoms with E-state index in [1.807, 2.05) is 0 Å². The zero-order chi connectivity index (χ0) is 14.7. The van der Waals surface area contributed by atoms with Crippen molar-refractivity contribution in [1.29, 1.82) is 0 Å². The molecule has 0 atom stereocenters. The molecule has 0 saturated carbocycles. The molecular weight excluding hydrogens is 349 g/mol. The fraction of sp³-hybridized carbons (Fsp3) is 0.0714. The summed E-state index contributed by atoms with van der Waals surface area (Å²) in [6.07, 6.45) is 0. The van der Waals surface area contributed by atoms with Crippen molar-refractivity contribution in [1.82, 2.24) is 0 Å². The zero-order valence-corrected chi connectivity index (χ0v) is 12.5. The summed E-state index contributed by atoms with van der Waals surface area (Å²) in [7, 11) is 0. The highest BCUT2D eigenvalue weighted by Crippen LogP contribution is 2.24. The molecule has 2 aromatic rings. The Balaban J connectivity index is 2.23. The van der Waals surface area contributed by atoms with Crippen molar-refractivity contribution in [3.63, 3.8) is 0 Å². The Labute approximate surface area is 128 Å². The molecule has 1 amide bonds. The van der Waals surface area contributed by atoms with Crippen LogP contribution in [0.2, 0.25) is 5.02 Å². The van der Waals surface area contributed by atoms with E-state index in [1.165, 1.54) is 18.2 Å². The fourth-order valence-corrected chi connectivity index (χ4v) is 2.21. The van der Waals surface area contributed by atoms with Crippen LogP contribution >= 0.6 is 27.5 Å². The molecule has 0 aromatic heterocycles. The molecule has 0 radical (unpaired) electrons. The summed E-state index contributed by atoms with van der Waals surface area (Å²) < 4.78 is 19.8. The lowest BCUT2D eigenvalue weighted by Crippen LogP contribution is -2.13. The third kappa shape index (κ3) is 3.49. The van der Waals surface area contributed by atoms with Gasteiger partial charge in [-0.25, -0.2) is 4.39 Å². The predicted octanol–water partition coefficient (Wildman–Crippen LogP) is 3.92. The van der Waals surface area contributed by atoms with Gasteiger partial charge in [-0.05, 0) is 36.4 Å². The van der Waals surface area contributed by atoms with Crippen molar-refractivity contribution < 1.29 is 13.9 Å².